The minimum absolute atomic E-state index is 0.0689. The molecular formula is C12H18O4. The highest BCUT2D eigenvalue weighted by molar-refractivity contribution is 5.46. The van der Waals surface area contributed by atoms with Gasteiger partial charge in [0, 0.05) is 18.6 Å². The molecule has 1 aromatic rings. The van der Waals surface area contributed by atoms with Crippen molar-refractivity contribution >= 4 is 0 Å². The highest BCUT2D eigenvalue weighted by atomic mass is 16.5. The molecular weight excluding hydrogens is 208 g/mol. The maximum absolute atomic E-state index is 9.85. The molecule has 0 spiro atoms. The van der Waals surface area contributed by atoms with E-state index in [0.717, 1.165) is 5.56 Å². The van der Waals surface area contributed by atoms with Crippen LogP contribution in [0.4, 0.5) is 0 Å². The summed E-state index contributed by atoms with van der Waals surface area (Å²) in [6, 6.07) is 3.56. The number of benzene rings is 1. The monoisotopic (exact) mass is 226 g/mol. The molecule has 0 radical (unpaired) electrons. The van der Waals surface area contributed by atoms with Gasteiger partial charge in [-0.1, -0.05) is 0 Å². The average molecular weight is 226 g/mol. The lowest BCUT2D eigenvalue weighted by atomic mass is 10.0. The number of hydrogen-bond donors (Lipinski definition) is 2. The van der Waals surface area contributed by atoms with Crippen LogP contribution in [0.15, 0.2) is 12.1 Å². The molecule has 0 aliphatic rings. The van der Waals surface area contributed by atoms with Gasteiger partial charge in [-0.05, 0) is 24.6 Å². The first kappa shape index (κ1) is 12.8. The second-order valence-corrected chi connectivity index (χ2v) is 3.59. The number of hydrogen-bond acceptors (Lipinski definition) is 4. The molecule has 0 aliphatic carbocycles. The smallest absolute Gasteiger partial charge is 0.125 e. The van der Waals surface area contributed by atoms with Crippen LogP contribution in [0.25, 0.3) is 0 Å². The van der Waals surface area contributed by atoms with Gasteiger partial charge in [0.25, 0.3) is 0 Å². The van der Waals surface area contributed by atoms with Crippen LogP contribution < -0.4 is 9.47 Å². The Morgan fingerprint density at radius 2 is 1.81 bits per heavy atom. The van der Waals surface area contributed by atoms with Crippen molar-refractivity contribution < 1.29 is 19.7 Å². The van der Waals surface area contributed by atoms with E-state index in [9.17, 15) is 5.11 Å². The van der Waals surface area contributed by atoms with Crippen LogP contribution in [0.2, 0.25) is 0 Å². The van der Waals surface area contributed by atoms with E-state index < -0.39 is 6.10 Å². The molecule has 1 aromatic carbocycles. The summed E-state index contributed by atoms with van der Waals surface area (Å²) in [5, 5.41) is 18.7. The van der Waals surface area contributed by atoms with Crippen molar-refractivity contribution in [1.29, 1.82) is 0 Å². The predicted molar refractivity (Wildman–Crippen MR) is 60.9 cm³/mol. The molecule has 0 saturated carbocycles. The first-order valence-electron chi connectivity index (χ1n) is 5.15. The molecule has 0 amide bonds. The zero-order chi connectivity index (χ0) is 12.1. The van der Waals surface area contributed by atoms with Gasteiger partial charge in [0.05, 0.1) is 20.3 Å². The Hall–Kier alpha value is -1.26. The topological polar surface area (TPSA) is 58.9 Å². The first-order valence-corrected chi connectivity index (χ1v) is 5.15. The highest BCUT2D eigenvalue weighted by Crippen LogP contribution is 2.33. The Bertz CT molecular complexity index is 349. The Labute approximate surface area is 95.4 Å². The molecule has 4 nitrogen and oxygen atoms in total. The lowest BCUT2D eigenvalue weighted by Gasteiger charge is -2.16. The van der Waals surface area contributed by atoms with Crippen molar-refractivity contribution in [2.24, 2.45) is 0 Å². The van der Waals surface area contributed by atoms with E-state index >= 15 is 0 Å². The standard InChI is InChI=1S/C12H18O4/c1-8-6-12(16-3)9(7-11(8)15-2)10(14)4-5-13/h6-7,10,13-14H,4-5H2,1-3H3. The molecule has 0 bridgehead atoms. The van der Waals surface area contributed by atoms with Gasteiger partial charge in [-0.15, -0.1) is 0 Å². The van der Waals surface area contributed by atoms with E-state index in [4.69, 9.17) is 14.6 Å². The summed E-state index contributed by atoms with van der Waals surface area (Å²) in [4.78, 5) is 0. The number of rotatable bonds is 5. The summed E-state index contributed by atoms with van der Waals surface area (Å²) in [5.41, 5.74) is 1.58. The van der Waals surface area contributed by atoms with Crippen molar-refractivity contribution in [3.05, 3.63) is 23.3 Å². The number of aliphatic hydroxyl groups is 2. The third-order valence-corrected chi connectivity index (χ3v) is 2.51. The van der Waals surface area contributed by atoms with Crippen LogP contribution in [0.3, 0.4) is 0 Å². The molecule has 1 unspecified atom stereocenters. The lowest BCUT2D eigenvalue weighted by Crippen LogP contribution is -2.04. The molecule has 0 aromatic heterocycles. The molecule has 0 aliphatic heterocycles. The van der Waals surface area contributed by atoms with Gasteiger partial charge in [-0.25, -0.2) is 0 Å². The van der Waals surface area contributed by atoms with E-state index in [1.807, 2.05) is 13.0 Å². The zero-order valence-corrected chi connectivity index (χ0v) is 9.86. The van der Waals surface area contributed by atoms with E-state index in [0.29, 0.717) is 17.1 Å². The molecule has 1 rings (SSSR count). The molecule has 0 fully saturated rings. The van der Waals surface area contributed by atoms with Crippen molar-refractivity contribution in [2.45, 2.75) is 19.4 Å². The third-order valence-electron chi connectivity index (χ3n) is 2.51. The van der Waals surface area contributed by atoms with Crippen molar-refractivity contribution in [3.8, 4) is 11.5 Å². The van der Waals surface area contributed by atoms with Crippen LogP contribution in [0.5, 0.6) is 11.5 Å². The van der Waals surface area contributed by atoms with Gasteiger partial charge in [-0.2, -0.15) is 0 Å². The maximum atomic E-state index is 9.85. The van der Waals surface area contributed by atoms with E-state index in [2.05, 4.69) is 0 Å². The largest absolute Gasteiger partial charge is 0.496 e. The Kier molecular flexibility index (Phi) is 4.58. The normalized spacial score (nSPS) is 12.3. The lowest BCUT2D eigenvalue weighted by molar-refractivity contribution is 0.131. The van der Waals surface area contributed by atoms with E-state index in [1.165, 1.54) is 0 Å². The highest BCUT2D eigenvalue weighted by Gasteiger charge is 2.15. The van der Waals surface area contributed by atoms with E-state index in [-0.39, 0.29) is 13.0 Å². The molecule has 2 N–H and O–H groups in total. The van der Waals surface area contributed by atoms with E-state index in [1.54, 1.807) is 20.3 Å². The SMILES string of the molecule is COc1cc(C(O)CCO)c(OC)cc1C. The van der Waals surface area contributed by atoms with Crippen molar-refractivity contribution in [3.63, 3.8) is 0 Å². The van der Waals surface area contributed by atoms with Gasteiger partial charge < -0.3 is 19.7 Å². The summed E-state index contributed by atoms with van der Waals surface area (Å²) < 4.78 is 10.4. The van der Waals surface area contributed by atoms with Gasteiger partial charge >= 0.3 is 0 Å². The number of methoxy groups -OCH3 is 2. The van der Waals surface area contributed by atoms with Crippen LogP contribution in [0, 0.1) is 6.92 Å². The summed E-state index contributed by atoms with van der Waals surface area (Å²) in [6.45, 7) is 1.84. The van der Waals surface area contributed by atoms with Gasteiger partial charge in [0.2, 0.25) is 0 Å². The average Bonchev–Trinajstić information content (AvgIpc) is 2.28. The molecule has 1 atom stereocenters. The Morgan fingerprint density at radius 3 is 2.31 bits per heavy atom. The second kappa shape index (κ2) is 5.72. The summed E-state index contributed by atoms with van der Waals surface area (Å²) in [6.07, 6.45) is -0.461. The molecule has 0 heterocycles. The zero-order valence-electron chi connectivity index (χ0n) is 9.86. The van der Waals surface area contributed by atoms with Crippen LogP contribution in [-0.4, -0.2) is 31.0 Å². The fourth-order valence-corrected chi connectivity index (χ4v) is 1.61. The number of ether oxygens (including phenoxy) is 2. The summed E-state index contributed by atoms with van der Waals surface area (Å²) >= 11 is 0. The molecule has 0 saturated heterocycles. The fourth-order valence-electron chi connectivity index (χ4n) is 1.61. The molecule has 4 heteroatoms. The minimum Gasteiger partial charge on any atom is -0.496 e. The maximum Gasteiger partial charge on any atom is 0.125 e. The van der Waals surface area contributed by atoms with Gasteiger partial charge in [-0.3, -0.25) is 0 Å². The summed E-state index contributed by atoms with van der Waals surface area (Å²) in [5.74, 6) is 1.31. The van der Waals surface area contributed by atoms with Crippen LogP contribution >= 0.6 is 0 Å². The summed E-state index contributed by atoms with van der Waals surface area (Å²) in [7, 11) is 3.13. The Balaban J connectivity index is 3.13. The van der Waals surface area contributed by atoms with Crippen molar-refractivity contribution in [1.82, 2.24) is 0 Å². The second-order valence-electron chi connectivity index (χ2n) is 3.59. The third kappa shape index (κ3) is 2.65. The number of aryl methyl sites for hydroxylation is 1. The number of aliphatic hydroxyl groups excluding tert-OH is 2. The molecule has 90 valence electrons. The first-order chi connectivity index (χ1) is 7.63. The molecule has 16 heavy (non-hydrogen) atoms. The van der Waals surface area contributed by atoms with Crippen LogP contribution in [0.1, 0.15) is 23.7 Å². The minimum atomic E-state index is -0.741. The Morgan fingerprint density at radius 1 is 1.19 bits per heavy atom. The van der Waals surface area contributed by atoms with Gasteiger partial charge in [0.15, 0.2) is 0 Å². The fraction of sp³-hybridized carbons (Fsp3) is 0.500. The van der Waals surface area contributed by atoms with Crippen molar-refractivity contribution in [2.75, 3.05) is 20.8 Å². The van der Waals surface area contributed by atoms with Gasteiger partial charge in [0.1, 0.15) is 11.5 Å². The van der Waals surface area contributed by atoms with Crippen LogP contribution in [-0.2, 0) is 0 Å². The predicted octanol–water partition coefficient (Wildman–Crippen LogP) is 1.43. The quantitative estimate of drug-likeness (QED) is 0.797.